The van der Waals surface area contributed by atoms with Crippen molar-refractivity contribution >= 4 is 5.97 Å². The number of carbonyl (C=O) groups excluding carboxylic acids is 1. The van der Waals surface area contributed by atoms with E-state index in [-0.39, 0.29) is 11.9 Å². The van der Waals surface area contributed by atoms with E-state index in [1.807, 2.05) is 0 Å². The van der Waals surface area contributed by atoms with E-state index < -0.39 is 0 Å². The molecule has 0 bridgehead atoms. The molecule has 1 unspecified atom stereocenters. The number of hydrogen-bond acceptors (Lipinski definition) is 2. The first-order valence-electron chi connectivity index (χ1n) is 8.92. The van der Waals surface area contributed by atoms with Gasteiger partial charge in [0.15, 0.2) is 0 Å². The SMILES string of the molecule is CCCCCCCCCCOC(=O)C(CC)CCCC. The zero-order chi connectivity index (χ0) is 15.1. The van der Waals surface area contributed by atoms with Crippen molar-refractivity contribution in [2.45, 2.75) is 97.8 Å². The van der Waals surface area contributed by atoms with Crippen LogP contribution in [0, 0.1) is 5.92 Å². The second kappa shape index (κ2) is 14.9. The first kappa shape index (κ1) is 19.5. The van der Waals surface area contributed by atoms with E-state index in [0.29, 0.717) is 6.61 Å². The van der Waals surface area contributed by atoms with Gasteiger partial charge in [0.05, 0.1) is 12.5 Å². The minimum absolute atomic E-state index is 0.0314. The Morgan fingerprint density at radius 2 is 1.35 bits per heavy atom. The van der Waals surface area contributed by atoms with Crippen molar-refractivity contribution in [1.29, 1.82) is 0 Å². The largest absolute Gasteiger partial charge is 0.465 e. The third kappa shape index (κ3) is 11.3. The molecule has 0 aliphatic heterocycles. The molecule has 120 valence electrons. The summed E-state index contributed by atoms with van der Waals surface area (Å²) in [6.45, 7) is 7.12. The molecule has 1 atom stereocenters. The molecule has 0 aliphatic carbocycles. The van der Waals surface area contributed by atoms with Crippen LogP contribution in [-0.2, 0) is 9.53 Å². The summed E-state index contributed by atoms with van der Waals surface area (Å²) < 4.78 is 5.40. The van der Waals surface area contributed by atoms with E-state index >= 15 is 0 Å². The fraction of sp³-hybridized carbons (Fsp3) is 0.944. The van der Waals surface area contributed by atoms with Gasteiger partial charge in [-0.3, -0.25) is 4.79 Å². The number of hydrogen-bond donors (Lipinski definition) is 0. The highest BCUT2D eigenvalue weighted by Gasteiger charge is 2.16. The van der Waals surface area contributed by atoms with E-state index in [1.54, 1.807) is 0 Å². The van der Waals surface area contributed by atoms with Crippen molar-refractivity contribution in [2.24, 2.45) is 5.92 Å². The lowest BCUT2D eigenvalue weighted by Gasteiger charge is -2.13. The molecule has 2 nitrogen and oxygen atoms in total. The smallest absolute Gasteiger partial charge is 0.308 e. The summed E-state index contributed by atoms with van der Waals surface area (Å²) >= 11 is 0. The van der Waals surface area contributed by atoms with Crippen LogP contribution in [0.5, 0.6) is 0 Å². The van der Waals surface area contributed by atoms with E-state index in [4.69, 9.17) is 4.74 Å². The van der Waals surface area contributed by atoms with Crippen molar-refractivity contribution in [2.75, 3.05) is 6.61 Å². The third-order valence-electron chi connectivity index (χ3n) is 3.97. The first-order chi connectivity index (χ1) is 9.76. The van der Waals surface area contributed by atoms with Gasteiger partial charge in [-0.2, -0.15) is 0 Å². The molecule has 0 fully saturated rings. The highest BCUT2D eigenvalue weighted by molar-refractivity contribution is 5.72. The van der Waals surface area contributed by atoms with Crippen LogP contribution in [0.15, 0.2) is 0 Å². The van der Waals surface area contributed by atoms with Gasteiger partial charge in [0, 0.05) is 0 Å². The van der Waals surface area contributed by atoms with Crippen molar-refractivity contribution in [3.05, 3.63) is 0 Å². The van der Waals surface area contributed by atoms with Gasteiger partial charge in [0.25, 0.3) is 0 Å². The van der Waals surface area contributed by atoms with Crippen LogP contribution < -0.4 is 0 Å². The number of rotatable bonds is 14. The Kier molecular flexibility index (Phi) is 14.5. The van der Waals surface area contributed by atoms with Gasteiger partial charge in [-0.1, -0.05) is 78.6 Å². The van der Waals surface area contributed by atoms with Crippen LogP contribution >= 0.6 is 0 Å². The Morgan fingerprint density at radius 3 is 1.90 bits per heavy atom. The summed E-state index contributed by atoms with van der Waals surface area (Å²) in [4.78, 5) is 11.9. The molecule has 0 amide bonds. The van der Waals surface area contributed by atoms with Crippen molar-refractivity contribution in [1.82, 2.24) is 0 Å². The average molecular weight is 284 g/mol. The minimum atomic E-state index is 0.0314. The molecule has 20 heavy (non-hydrogen) atoms. The summed E-state index contributed by atoms with van der Waals surface area (Å²) in [6, 6.07) is 0. The highest BCUT2D eigenvalue weighted by atomic mass is 16.5. The topological polar surface area (TPSA) is 26.3 Å². The maximum absolute atomic E-state index is 11.9. The van der Waals surface area contributed by atoms with Crippen LogP contribution in [0.4, 0.5) is 0 Å². The lowest BCUT2D eigenvalue weighted by Crippen LogP contribution is -2.17. The summed E-state index contributed by atoms with van der Waals surface area (Å²) in [6.07, 6.45) is 14.5. The molecule has 0 N–H and O–H groups in total. The monoisotopic (exact) mass is 284 g/mol. The zero-order valence-corrected chi connectivity index (χ0v) is 14.1. The molecule has 0 aliphatic rings. The molecule has 0 aromatic heterocycles. The van der Waals surface area contributed by atoms with Gasteiger partial charge in [-0.15, -0.1) is 0 Å². The van der Waals surface area contributed by atoms with Crippen LogP contribution in [0.2, 0.25) is 0 Å². The van der Waals surface area contributed by atoms with Crippen LogP contribution in [-0.4, -0.2) is 12.6 Å². The number of ether oxygens (including phenoxy) is 1. The molecule has 0 radical (unpaired) electrons. The Morgan fingerprint density at radius 1 is 0.800 bits per heavy atom. The molecule has 0 aromatic rings. The predicted molar refractivity (Wildman–Crippen MR) is 86.9 cm³/mol. The van der Waals surface area contributed by atoms with Gasteiger partial charge in [0.2, 0.25) is 0 Å². The summed E-state index contributed by atoms with van der Waals surface area (Å²) in [7, 11) is 0. The van der Waals surface area contributed by atoms with Crippen molar-refractivity contribution in [3.63, 3.8) is 0 Å². The van der Waals surface area contributed by atoms with Crippen LogP contribution in [0.3, 0.4) is 0 Å². The second-order valence-electron chi connectivity index (χ2n) is 5.89. The maximum atomic E-state index is 11.9. The Balaban J connectivity index is 3.41. The molecule has 0 spiro atoms. The second-order valence-corrected chi connectivity index (χ2v) is 5.89. The summed E-state index contributed by atoms with van der Waals surface area (Å²) in [5, 5.41) is 0. The molecule has 0 aromatic carbocycles. The van der Waals surface area contributed by atoms with Gasteiger partial charge in [0.1, 0.15) is 0 Å². The van der Waals surface area contributed by atoms with Gasteiger partial charge >= 0.3 is 5.97 Å². The number of esters is 1. The maximum Gasteiger partial charge on any atom is 0.308 e. The Labute approximate surface area is 126 Å². The lowest BCUT2D eigenvalue weighted by molar-refractivity contribution is -0.149. The standard InChI is InChI=1S/C18H36O2/c1-4-7-9-10-11-12-13-14-16-20-18(19)17(6-3)15-8-5-2/h17H,4-16H2,1-3H3. The predicted octanol–water partition coefficient (Wildman–Crippen LogP) is 5.89. The molecule has 0 rings (SSSR count). The lowest BCUT2D eigenvalue weighted by atomic mass is 10.00. The molecule has 0 saturated carbocycles. The highest BCUT2D eigenvalue weighted by Crippen LogP contribution is 2.15. The number of unbranched alkanes of at least 4 members (excludes halogenated alkanes) is 8. The van der Waals surface area contributed by atoms with Crippen molar-refractivity contribution in [3.8, 4) is 0 Å². The third-order valence-corrected chi connectivity index (χ3v) is 3.97. The minimum Gasteiger partial charge on any atom is -0.465 e. The van der Waals surface area contributed by atoms with Gasteiger partial charge in [-0.25, -0.2) is 0 Å². The van der Waals surface area contributed by atoms with E-state index in [0.717, 1.165) is 32.1 Å². The molecule has 0 saturated heterocycles. The Hall–Kier alpha value is -0.530. The van der Waals surface area contributed by atoms with E-state index in [2.05, 4.69) is 20.8 Å². The normalized spacial score (nSPS) is 12.3. The summed E-state index contributed by atoms with van der Waals surface area (Å²) in [5.41, 5.74) is 0. The molecule has 2 heteroatoms. The van der Waals surface area contributed by atoms with E-state index in [9.17, 15) is 4.79 Å². The van der Waals surface area contributed by atoms with Crippen LogP contribution in [0.25, 0.3) is 0 Å². The molecule has 0 heterocycles. The zero-order valence-electron chi connectivity index (χ0n) is 14.1. The van der Waals surface area contributed by atoms with Crippen molar-refractivity contribution < 1.29 is 9.53 Å². The first-order valence-corrected chi connectivity index (χ1v) is 8.92. The number of carbonyl (C=O) groups is 1. The van der Waals surface area contributed by atoms with Crippen LogP contribution in [0.1, 0.15) is 97.8 Å². The molecular weight excluding hydrogens is 248 g/mol. The fourth-order valence-corrected chi connectivity index (χ4v) is 2.47. The van der Waals surface area contributed by atoms with E-state index in [1.165, 1.54) is 44.9 Å². The molecular formula is C18H36O2. The van der Waals surface area contributed by atoms with Gasteiger partial charge in [-0.05, 0) is 19.3 Å². The fourth-order valence-electron chi connectivity index (χ4n) is 2.47. The summed E-state index contributed by atoms with van der Waals surface area (Å²) in [5.74, 6) is 0.160. The Bertz CT molecular complexity index is 213. The van der Waals surface area contributed by atoms with Gasteiger partial charge < -0.3 is 4.74 Å². The average Bonchev–Trinajstić information content (AvgIpc) is 2.46. The quantitative estimate of drug-likeness (QED) is 0.294.